The Morgan fingerprint density at radius 1 is 1.25 bits per heavy atom. The molecule has 1 heterocycles. The number of amides is 1. The van der Waals surface area contributed by atoms with Crippen LogP contribution in [0.2, 0.25) is 0 Å². The van der Waals surface area contributed by atoms with Gasteiger partial charge >= 0.3 is 0 Å². The minimum absolute atomic E-state index is 0.0214. The zero-order valence-corrected chi connectivity index (χ0v) is 18.0. The molecule has 1 unspecified atom stereocenters. The van der Waals surface area contributed by atoms with E-state index >= 15 is 0 Å². The van der Waals surface area contributed by atoms with Crippen molar-refractivity contribution in [2.24, 2.45) is 10.9 Å². The second-order valence-corrected chi connectivity index (χ2v) is 7.92. The van der Waals surface area contributed by atoms with Crippen LogP contribution in [0.4, 0.5) is 0 Å². The predicted molar refractivity (Wildman–Crippen MR) is 117 cm³/mol. The molecule has 1 atom stereocenters. The standard InChI is InChI=1S/C22H37N5O/c1-5-23-22(24-13-7-15-27-14-6-8-18(2)17-27)25-16-19-9-11-20(12-10-19)21(28)26(3)4/h9-12,18H,5-8,13-17H2,1-4H3,(H2,23,24,25). The molecule has 0 spiro atoms. The van der Waals surface area contributed by atoms with Crippen LogP contribution in [-0.2, 0) is 6.54 Å². The number of nitrogens with zero attached hydrogens (tertiary/aromatic N) is 3. The molecule has 1 saturated heterocycles. The Morgan fingerprint density at radius 2 is 2.00 bits per heavy atom. The van der Waals surface area contributed by atoms with Crippen LogP contribution in [0.25, 0.3) is 0 Å². The van der Waals surface area contributed by atoms with E-state index in [1.165, 1.54) is 25.9 Å². The summed E-state index contributed by atoms with van der Waals surface area (Å²) in [5.41, 5.74) is 1.80. The van der Waals surface area contributed by atoms with Gasteiger partial charge in [0.25, 0.3) is 5.91 Å². The van der Waals surface area contributed by atoms with Gasteiger partial charge in [-0.05, 0) is 62.9 Å². The maximum absolute atomic E-state index is 12.0. The van der Waals surface area contributed by atoms with E-state index in [1.54, 1.807) is 19.0 Å². The van der Waals surface area contributed by atoms with Gasteiger partial charge in [0.05, 0.1) is 6.54 Å². The molecule has 0 aromatic heterocycles. The van der Waals surface area contributed by atoms with Crippen LogP contribution in [0, 0.1) is 5.92 Å². The van der Waals surface area contributed by atoms with Crippen molar-refractivity contribution in [1.82, 2.24) is 20.4 Å². The molecular formula is C22H37N5O. The molecule has 0 radical (unpaired) electrons. The molecule has 6 nitrogen and oxygen atoms in total. The molecule has 1 aliphatic rings. The van der Waals surface area contributed by atoms with Crippen molar-refractivity contribution in [3.63, 3.8) is 0 Å². The summed E-state index contributed by atoms with van der Waals surface area (Å²) >= 11 is 0. The Morgan fingerprint density at radius 3 is 2.64 bits per heavy atom. The molecule has 1 aliphatic heterocycles. The van der Waals surface area contributed by atoms with Crippen molar-refractivity contribution in [3.05, 3.63) is 35.4 Å². The molecule has 0 saturated carbocycles. The van der Waals surface area contributed by atoms with Crippen LogP contribution in [0.5, 0.6) is 0 Å². The predicted octanol–water partition coefficient (Wildman–Crippen LogP) is 2.57. The number of aliphatic imine (C=N–C) groups is 1. The van der Waals surface area contributed by atoms with Crippen molar-refractivity contribution in [2.45, 2.75) is 39.7 Å². The van der Waals surface area contributed by atoms with E-state index in [9.17, 15) is 4.79 Å². The molecule has 1 fully saturated rings. The molecule has 0 aliphatic carbocycles. The summed E-state index contributed by atoms with van der Waals surface area (Å²) < 4.78 is 0. The summed E-state index contributed by atoms with van der Waals surface area (Å²) in [6.45, 7) is 10.4. The smallest absolute Gasteiger partial charge is 0.253 e. The zero-order valence-electron chi connectivity index (χ0n) is 18.0. The molecule has 1 aromatic rings. The Kier molecular flexibility index (Phi) is 9.28. The van der Waals surface area contributed by atoms with Crippen LogP contribution in [0.3, 0.4) is 0 Å². The van der Waals surface area contributed by atoms with Gasteiger partial charge in [0.15, 0.2) is 5.96 Å². The molecular weight excluding hydrogens is 350 g/mol. The van der Waals surface area contributed by atoms with Gasteiger partial charge < -0.3 is 20.4 Å². The number of carbonyl (C=O) groups excluding carboxylic acids is 1. The molecule has 6 heteroatoms. The number of rotatable bonds is 8. The van der Waals surface area contributed by atoms with Crippen LogP contribution in [0.1, 0.15) is 49.0 Å². The minimum atomic E-state index is 0.0214. The number of guanidine groups is 1. The van der Waals surface area contributed by atoms with Crippen LogP contribution in [-0.4, -0.2) is 68.5 Å². The largest absolute Gasteiger partial charge is 0.357 e. The number of nitrogens with one attached hydrogen (secondary N) is 2. The van der Waals surface area contributed by atoms with Crippen molar-refractivity contribution in [1.29, 1.82) is 0 Å². The first kappa shape index (κ1) is 22.2. The van der Waals surface area contributed by atoms with Crippen molar-refractivity contribution in [2.75, 3.05) is 46.8 Å². The third-order valence-corrected chi connectivity index (χ3v) is 5.06. The molecule has 28 heavy (non-hydrogen) atoms. The molecule has 2 N–H and O–H groups in total. The fourth-order valence-electron chi connectivity index (χ4n) is 3.52. The minimum Gasteiger partial charge on any atom is -0.357 e. The van der Waals surface area contributed by atoms with Crippen molar-refractivity contribution in [3.8, 4) is 0 Å². The summed E-state index contributed by atoms with van der Waals surface area (Å²) in [6.07, 6.45) is 3.83. The molecule has 2 rings (SSSR count). The van der Waals surface area contributed by atoms with E-state index in [0.717, 1.165) is 43.5 Å². The first-order valence-corrected chi connectivity index (χ1v) is 10.5. The first-order chi connectivity index (χ1) is 13.5. The number of piperidine rings is 1. The zero-order chi connectivity index (χ0) is 20.4. The van der Waals surface area contributed by atoms with E-state index in [4.69, 9.17) is 0 Å². The molecule has 1 aromatic carbocycles. The van der Waals surface area contributed by atoms with E-state index in [2.05, 4.69) is 34.4 Å². The van der Waals surface area contributed by atoms with Gasteiger partial charge in [-0.2, -0.15) is 0 Å². The number of hydrogen-bond acceptors (Lipinski definition) is 3. The lowest BCUT2D eigenvalue weighted by Crippen LogP contribution is -2.40. The Hall–Kier alpha value is -2.08. The number of hydrogen-bond donors (Lipinski definition) is 2. The second-order valence-electron chi connectivity index (χ2n) is 7.92. The van der Waals surface area contributed by atoms with Crippen LogP contribution >= 0.6 is 0 Å². The Labute approximate surface area is 170 Å². The fraction of sp³-hybridized carbons (Fsp3) is 0.636. The van der Waals surface area contributed by atoms with E-state index < -0.39 is 0 Å². The van der Waals surface area contributed by atoms with E-state index in [1.807, 2.05) is 24.3 Å². The lowest BCUT2D eigenvalue weighted by atomic mass is 10.0. The van der Waals surface area contributed by atoms with Gasteiger partial charge in [0.1, 0.15) is 0 Å². The third kappa shape index (κ3) is 7.50. The maximum Gasteiger partial charge on any atom is 0.253 e. The highest BCUT2D eigenvalue weighted by Crippen LogP contribution is 2.15. The van der Waals surface area contributed by atoms with Gasteiger partial charge in [-0.25, -0.2) is 4.99 Å². The van der Waals surface area contributed by atoms with Crippen molar-refractivity contribution >= 4 is 11.9 Å². The van der Waals surface area contributed by atoms with E-state index in [-0.39, 0.29) is 5.91 Å². The summed E-state index contributed by atoms with van der Waals surface area (Å²) in [5, 5.41) is 6.75. The van der Waals surface area contributed by atoms with Gasteiger partial charge in [-0.15, -0.1) is 0 Å². The molecule has 1 amide bonds. The third-order valence-electron chi connectivity index (χ3n) is 5.06. The summed E-state index contributed by atoms with van der Waals surface area (Å²) in [6, 6.07) is 7.68. The lowest BCUT2D eigenvalue weighted by Gasteiger charge is -2.30. The first-order valence-electron chi connectivity index (χ1n) is 10.5. The number of benzene rings is 1. The number of likely N-dealkylation sites (tertiary alicyclic amines) is 1. The summed E-state index contributed by atoms with van der Waals surface area (Å²) in [7, 11) is 3.53. The van der Waals surface area contributed by atoms with Gasteiger partial charge in [-0.1, -0.05) is 19.1 Å². The highest BCUT2D eigenvalue weighted by Gasteiger charge is 2.15. The molecule has 0 bridgehead atoms. The molecule has 156 valence electrons. The highest BCUT2D eigenvalue weighted by molar-refractivity contribution is 5.93. The summed E-state index contributed by atoms with van der Waals surface area (Å²) in [5.74, 6) is 1.70. The van der Waals surface area contributed by atoms with Gasteiger partial charge in [-0.3, -0.25) is 4.79 Å². The topological polar surface area (TPSA) is 60.0 Å². The normalized spacial score (nSPS) is 18.0. The van der Waals surface area contributed by atoms with E-state index in [0.29, 0.717) is 12.1 Å². The number of carbonyl (C=O) groups is 1. The van der Waals surface area contributed by atoms with Crippen LogP contribution in [0.15, 0.2) is 29.3 Å². The second kappa shape index (κ2) is 11.7. The average Bonchev–Trinajstić information content (AvgIpc) is 2.69. The van der Waals surface area contributed by atoms with Gasteiger partial charge in [0, 0.05) is 39.3 Å². The quantitative estimate of drug-likeness (QED) is 0.409. The average molecular weight is 388 g/mol. The monoisotopic (exact) mass is 387 g/mol. The highest BCUT2D eigenvalue weighted by atomic mass is 16.2. The summed E-state index contributed by atoms with van der Waals surface area (Å²) in [4.78, 5) is 20.8. The SMILES string of the molecule is CCNC(=NCc1ccc(C(=O)N(C)C)cc1)NCCCN1CCCC(C)C1. The Balaban J connectivity index is 1.78. The van der Waals surface area contributed by atoms with Crippen molar-refractivity contribution < 1.29 is 4.79 Å². The maximum atomic E-state index is 12.0. The van der Waals surface area contributed by atoms with Crippen LogP contribution < -0.4 is 10.6 Å². The lowest BCUT2D eigenvalue weighted by molar-refractivity contribution is 0.0827. The van der Waals surface area contributed by atoms with Gasteiger partial charge in [0.2, 0.25) is 0 Å². The Bertz CT molecular complexity index is 626. The fourth-order valence-corrected chi connectivity index (χ4v) is 3.52.